The molecule has 0 aliphatic heterocycles. The number of hydrogen-bond donors (Lipinski definition) is 0. The molecule has 0 N–H and O–H groups in total. The zero-order chi connectivity index (χ0) is 15.7. The number of rotatable bonds is 4. The summed E-state index contributed by atoms with van der Waals surface area (Å²) in [5.74, 6) is 0.165. The fourth-order valence-electron chi connectivity index (χ4n) is 1.90. The van der Waals surface area contributed by atoms with Crippen LogP contribution in [0.25, 0.3) is 11.1 Å². The number of benzene rings is 2. The average Bonchev–Trinajstić information content (AvgIpc) is 2.91. The van der Waals surface area contributed by atoms with Crippen LogP contribution in [-0.2, 0) is 16.9 Å². The Morgan fingerprint density at radius 2 is 1.95 bits per heavy atom. The summed E-state index contributed by atoms with van der Waals surface area (Å²) in [6, 6.07) is 10.8. The highest BCUT2D eigenvalue weighted by Crippen LogP contribution is 2.24. The van der Waals surface area contributed by atoms with E-state index in [0.29, 0.717) is 21.7 Å². The van der Waals surface area contributed by atoms with Crippen LogP contribution in [-0.4, -0.2) is 14.5 Å². The van der Waals surface area contributed by atoms with Gasteiger partial charge in [-0.2, -0.15) is 4.98 Å². The molecule has 0 aliphatic rings. The Balaban J connectivity index is 1.80. The molecule has 1 unspecified atom stereocenters. The van der Waals surface area contributed by atoms with Crippen molar-refractivity contribution in [3.63, 3.8) is 0 Å². The van der Waals surface area contributed by atoms with E-state index in [0.717, 1.165) is 0 Å². The summed E-state index contributed by atoms with van der Waals surface area (Å²) in [6.07, 6.45) is 0. The highest BCUT2D eigenvalue weighted by molar-refractivity contribution is 7.90. The van der Waals surface area contributed by atoms with Gasteiger partial charge in [0.25, 0.3) is 5.69 Å². The highest BCUT2D eigenvalue weighted by atomic mass is 35.5. The quantitative estimate of drug-likeness (QED) is 0.411. The lowest BCUT2D eigenvalue weighted by molar-refractivity contribution is -0.384. The Hall–Kier alpha value is -2.09. The van der Waals surface area contributed by atoms with E-state index in [1.165, 1.54) is 12.1 Å². The van der Waals surface area contributed by atoms with Gasteiger partial charge in [-0.15, -0.1) is 0 Å². The Morgan fingerprint density at radius 3 is 2.64 bits per heavy atom. The molecule has 8 heteroatoms. The maximum absolute atomic E-state index is 12.3. The maximum Gasteiger partial charge on any atom is 0.416 e. The third-order valence-electron chi connectivity index (χ3n) is 2.97. The topological polar surface area (TPSA) is 92.2 Å². The summed E-state index contributed by atoms with van der Waals surface area (Å²) in [5.41, 5.74) is 1.74. The van der Waals surface area contributed by atoms with Crippen LogP contribution in [0.3, 0.4) is 0 Å². The minimum absolute atomic E-state index is 0.00830. The van der Waals surface area contributed by atoms with Crippen LogP contribution in [0.1, 0.15) is 5.56 Å². The second-order valence-electron chi connectivity index (χ2n) is 4.51. The SMILES string of the molecule is O=[N+]([O-])c1ccc(C[S+]([O-])c2nc3ccc(Cl)cc3o2)cc1. The summed E-state index contributed by atoms with van der Waals surface area (Å²) in [7, 11) is 0. The Kier molecular flexibility index (Phi) is 4.02. The molecule has 1 atom stereocenters. The van der Waals surface area contributed by atoms with Crippen LogP contribution in [0, 0.1) is 10.1 Å². The van der Waals surface area contributed by atoms with Crippen molar-refractivity contribution in [3.8, 4) is 0 Å². The van der Waals surface area contributed by atoms with Crippen molar-refractivity contribution in [2.75, 3.05) is 0 Å². The first-order chi connectivity index (χ1) is 10.5. The monoisotopic (exact) mass is 336 g/mol. The summed E-state index contributed by atoms with van der Waals surface area (Å²) in [6.45, 7) is 0. The van der Waals surface area contributed by atoms with E-state index in [1.54, 1.807) is 30.3 Å². The van der Waals surface area contributed by atoms with E-state index < -0.39 is 16.1 Å². The highest BCUT2D eigenvalue weighted by Gasteiger charge is 2.20. The molecule has 0 saturated carbocycles. The number of aromatic nitrogens is 1. The molecule has 0 bridgehead atoms. The second-order valence-corrected chi connectivity index (χ2v) is 6.27. The number of non-ortho nitro benzene ring substituents is 1. The molecule has 6 nitrogen and oxygen atoms in total. The molecule has 1 heterocycles. The van der Waals surface area contributed by atoms with Gasteiger partial charge < -0.3 is 8.97 Å². The Bertz CT molecular complexity index is 834. The van der Waals surface area contributed by atoms with E-state index in [9.17, 15) is 14.7 Å². The van der Waals surface area contributed by atoms with Crippen LogP contribution in [0.2, 0.25) is 5.02 Å². The maximum atomic E-state index is 12.3. The third-order valence-corrected chi connectivity index (χ3v) is 4.37. The van der Waals surface area contributed by atoms with E-state index in [4.69, 9.17) is 16.0 Å². The van der Waals surface area contributed by atoms with Crippen molar-refractivity contribution in [1.82, 2.24) is 4.98 Å². The molecular formula is C14H9ClN2O4S. The minimum atomic E-state index is -1.48. The predicted octanol–water partition coefficient (Wildman–Crippen LogP) is 3.70. The molecular weight excluding hydrogens is 328 g/mol. The number of nitro benzene ring substituents is 1. The van der Waals surface area contributed by atoms with Crippen LogP contribution in [0.15, 0.2) is 52.1 Å². The van der Waals surface area contributed by atoms with Crippen molar-refractivity contribution in [3.05, 3.63) is 63.2 Å². The first-order valence-corrected chi connectivity index (χ1v) is 7.90. The normalized spacial score (nSPS) is 12.5. The molecule has 3 aromatic rings. The lowest BCUT2D eigenvalue weighted by atomic mass is 10.2. The zero-order valence-electron chi connectivity index (χ0n) is 11.1. The predicted molar refractivity (Wildman–Crippen MR) is 82.2 cm³/mol. The van der Waals surface area contributed by atoms with Crippen molar-refractivity contribution in [2.45, 2.75) is 11.0 Å². The van der Waals surface area contributed by atoms with Crippen molar-refractivity contribution in [2.24, 2.45) is 0 Å². The molecule has 22 heavy (non-hydrogen) atoms. The number of nitrogens with zero attached hydrogens (tertiary/aromatic N) is 2. The molecule has 0 fully saturated rings. The molecule has 0 spiro atoms. The van der Waals surface area contributed by atoms with Gasteiger partial charge in [-0.1, -0.05) is 11.6 Å². The van der Waals surface area contributed by atoms with Gasteiger partial charge in [0.1, 0.15) is 11.3 Å². The van der Waals surface area contributed by atoms with Gasteiger partial charge in [0.15, 0.2) is 5.58 Å². The van der Waals surface area contributed by atoms with Crippen LogP contribution >= 0.6 is 11.6 Å². The molecule has 2 aromatic carbocycles. The lowest BCUT2D eigenvalue weighted by Crippen LogP contribution is -2.05. The number of fused-ring (bicyclic) bond motifs is 1. The number of hydrogen-bond acceptors (Lipinski definition) is 5. The molecule has 112 valence electrons. The van der Waals surface area contributed by atoms with Gasteiger partial charge in [-0.25, -0.2) is 0 Å². The van der Waals surface area contributed by atoms with E-state index in [-0.39, 0.29) is 16.7 Å². The average molecular weight is 337 g/mol. The Morgan fingerprint density at radius 1 is 1.23 bits per heavy atom. The van der Waals surface area contributed by atoms with Gasteiger partial charge in [0, 0.05) is 28.8 Å². The molecule has 0 radical (unpaired) electrons. The fourth-order valence-corrected chi connectivity index (χ4v) is 3.07. The molecule has 0 amide bonds. The number of oxazole rings is 1. The summed E-state index contributed by atoms with van der Waals surface area (Å²) >= 11 is 4.38. The van der Waals surface area contributed by atoms with Gasteiger partial charge in [-0.05, 0) is 24.3 Å². The Labute approximate surface area is 133 Å². The first kappa shape index (κ1) is 14.8. The summed E-state index contributed by atoms with van der Waals surface area (Å²) in [4.78, 5) is 14.3. The molecule has 3 rings (SSSR count). The largest absolute Gasteiger partial charge is 0.607 e. The lowest BCUT2D eigenvalue weighted by Gasteiger charge is -2.05. The first-order valence-electron chi connectivity index (χ1n) is 6.21. The van der Waals surface area contributed by atoms with Crippen LogP contribution in [0.4, 0.5) is 5.69 Å². The van der Waals surface area contributed by atoms with Gasteiger partial charge in [0.2, 0.25) is 0 Å². The zero-order valence-corrected chi connectivity index (χ0v) is 12.6. The molecule has 0 saturated heterocycles. The molecule has 0 aliphatic carbocycles. The number of halogens is 1. The van der Waals surface area contributed by atoms with Gasteiger partial charge in [-0.3, -0.25) is 10.1 Å². The van der Waals surface area contributed by atoms with E-state index in [2.05, 4.69) is 4.98 Å². The fraction of sp³-hybridized carbons (Fsp3) is 0.0714. The van der Waals surface area contributed by atoms with Crippen molar-refractivity contribution >= 4 is 39.6 Å². The second kappa shape index (κ2) is 5.96. The third kappa shape index (κ3) is 3.06. The van der Waals surface area contributed by atoms with Crippen molar-refractivity contribution in [1.29, 1.82) is 0 Å². The summed E-state index contributed by atoms with van der Waals surface area (Å²) in [5, 5.41) is 11.2. The van der Waals surface area contributed by atoms with E-state index >= 15 is 0 Å². The molecule has 1 aromatic heterocycles. The standard InChI is InChI=1S/C14H9ClN2O4S/c15-10-3-6-12-13(7-10)21-14(16-12)22(20)8-9-1-4-11(5-2-9)17(18)19/h1-7H,8H2. The number of nitro groups is 1. The summed E-state index contributed by atoms with van der Waals surface area (Å²) < 4.78 is 17.7. The van der Waals surface area contributed by atoms with Crippen molar-refractivity contribution < 1.29 is 13.9 Å². The van der Waals surface area contributed by atoms with Gasteiger partial charge >= 0.3 is 5.22 Å². The van der Waals surface area contributed by atoms with Gasteiger partial charge in [0.05, 0.1) is 16.1 Å². The smallest absolute Gasteiger partial charge is 0.416 e. The minimum Gasteiger partial charge on any atom is -0.607 e. The van der Waals surface area contributed by atoms with Crippen LogP contribution in [0.5, 0.6) is 0 Å². The van der Waals surface area contributed by atoms with Crippen LogP contribution < -0.4 is 0 Å². The van der Waals surface area contributed by atoms with E-state index in [1.807, 2.05) is 0 Å².